The number of esters is 2. The lowest BCUT2D eigenvalue weighted by atomic mass is 10.0. The molecule has 7 heteroatoms. The molecule has 0 radical (unpaired) electrons. The van der Waals surface area contributed by atoms with Gasteiger partial charge in [-0.2, -0.15) is 0 Å². The lowest BCUT2D eigenvalue weighted by molar-refractivity contribution is 0.0555. The minimum atomic E-state index is -0.616. The summed E-state index contributed by atoms with van der Waals surface area (Å²) in [6, 6.07) is 4.68. The van der Waals surface area contributed by atoms with Crippen molar-refractivity contribution in [3.05, 3.63) is 35.5 Å². The molecule has 7 nitrogen and oxygen atoms in total. The Morgan fingerprint density at radius 2 is 1.79 bits per heavy atom. The normalized spacial score (nSPS) is 10.0. The van der Waals surface area contributed by atoms with Crippen LogP contribution >= 0.6 is 0 Å². The van der Waals surface area contributed by atoms with Gasteiger partial charge in [-0.1, -0.05) is 11.3 Å². The molecular formula is C12H11N3O4. The predicted molar refractivity (Wildman–Crippen MR) is 64.5 cm³/mol. The molecule has 0 saturated carbocycles. The number of carbonyl (C=O) groups is 2. The van der Waals surface area contributed by atoms with Crippen LogP contribution in [0.2, 0.25) is 0 Å². The molecule has 1 aromatic carbocycles. The summed E-state index contributed by atoms with van der Waals surface area (Å²) in [5, 5.41) is 9.91. The van der Waals surface area contributed by atoms with E-state index >= 15 is 0 Å². The number of hydrogen-bond donors (Lipinski definition) is 1. The fourth-order valence-electron chi connectivity index (χ4n) is 1.62. The van der Waals surface area contributed by atoms with Crippen LogP contribution in [0.15, 0.2) is 24.4 Å². The average molecular weight is 261 g/mol. The third-order valence-corrected chi connectivity index (χ3v) is 2.56. The number of benzene rings is 1. The first-order valence-corrected chi connectivity index (χ1v) is 5.34. The number of H-pyrrole nitrogens is 1. The summed E-state index contributed by atoms with van der Waals surface area (Å²) in [5.74, 6) is -1.22. The lowest BCUT2D eigenvalue weighted by Crippen LogP contribution is -2.11. The van der Waals surface area contributed by atoms with Crippen LogP contribution in [0, 0.1) is 0 Å². The molecule has 0 aliphatic carbocycles. The van der Waals surface area contributed by atoms with E-state index in [1.54, 1.807) is 6.07 Å². The number of nitrogens with one attached hydrogen (secondary N) is 1. The second-order valence-electron chi connectivity index (χ2n) is 3.61. The molecule has 0 bridgehead atoms. The van der Waals surface area contributed by atoms with Gasteiger partial charge >= 0.3 is 11.9 Å². The van der Waals surface area contributed by atoms with Gasteiger partial charge in [0.05, 0.1) is 37.2 Å². The summed E-state index contributed by atoms with van der Waals surface area (Å²) < 4.78 is 9.28. The highest BCUT2D eigenvalue weighted by atomic mass is 16.5. The number of hydrogen-bond acceptors (Lipinski definition) is 6. The first-order chi connectivity index (χ1) is 9.17. The van der Waals surface area contributed by atoms with Crippen LogP contribution in [-0.2, 0) is 9.47 Å². The van der Waals surface area contributed by atoms with E-state index in [-0.39, 0.29) is 11.1 Å². The van der Waals surface area contributed by atoms with Crippen molar-refractivity contribution in [2.75, 3.05) is 14.2 Å². The van der Waals surface area contributed by atoms with E-state index in [0.717, 1.165) is 0 Å². The van der Waals surface area contributed by atoms with Crippen LogP contribution in [0.25, 0.3) is 11.3 Å². The van der Waals surface area contributed by atoms with E-state index in [1.165, 1.54) is 32.5 Å². The zero-order chi connectivity index (χ0) is 13.8. The van der Waals surface area contributed by atoms with Crippen molar-refractivity contribution in [3.63, 3.8) is 0 Å². The number of nitrogens with zero attached hydrogens (tertiary/aromatic N) is 2. The van der Waals surface area contributed by atoms with Crippen molar-refractivity contribution in [2.24, 2.45) is 0 Å². The van der Waals surface area contributed by atoms with Gasteiger partial charge in [0, 0.05) is 5.56 Å². The van der Waals surface area contributed by atoms with Crippen molar-refractivity contribution in [2.45, 2.75) is 0 Å². The Bertz CT molecular complexity index is 607. The molecule has 0 amide bonds. The minimum absolute atomic E-state index is 0.126. The summed E-state index contributed by atoms with van der Waals surface area (Å²) >= 11 is 0. The average Bonchev–Trinajstić information content (AvgIpc) is 2.99. The smallest absolute Gasteiger partial charge is 0.338 e. The number of aromatic amines is 1. The summed E-state index contributed by atoms with van der Waals surface area (Å²) in [5.41, 5.74) is 1.56. The van der Waals surface area contributed by atoms with Gasteiger partial charge in [-0.3, -0.25) is 5.10 Å². The van der Waals surface area contributed by atoms with E-state index < -0.39 is 11.9 Å². The highest BCUT2D eigenvalue weighted by Crippen LogP contribution is 2.21. The lowest BCUT2D eigenvalue weighted by Gasteiger charge is -2.07. The number of carbonyl (C=O) groups excluding carboxylic acids is 2. The van der Waals surface area contributed by atoms with Gasteiger partial charge in [-0.15, -0.1) is 5.10 Å². The first-order valence-electron chi connectivity index (χ1n) is 5.34. The van der Waals surface area contributed by atoms with E-state index in [1.807, 2.05) is 0 Å². The molecule has 0 fully saturated rings. The van der Waals surface area contributed by atoms with Crippen molar-refractivity contribution >= 4 is 11.9 Å². The maximum atomic E-state index is 11.7. The van der Waals surface area contributed by atoms with Crippen LogP contribution in [0.5, 0.6) is 0 Å². The molecule has 0 unspecified atom stereocenters. The maximum Gasteiger partial charge on any atom is 0.338 e. The monoisotopic (exact) mass is 261 g/mol. The van der Waals surface area contributed by atoms with Crippen LogP contribution in [0.3, 0.4) is 0 Å². The maximum absolute atomic E-state index is 11.7. The molecule has 0 spiro atoms. The summed E-state index contributed by atoms with van der Waals surface area (Å²) in [7, 11) is 2.49. The Hall–Kier alpha value is -2.70. The van der Waals surface area contributed by atoms with Crippen molar-refractivity contribution in [3.8, 4) is 11.3 Å². The van der Waals surface area contributed by atoms with Gasteiger partial charge in [0.1, 0.15) is 0 Å². The topological polar surface area (TPSA) is 94.2 Å². The minimum Gasteiger partial charge on any atom is -0.465 e. The Morgan fingerprint density at radius 3 is 2.37 bits per heavy atom. The largest absolute Gasteiger partial charge is 0.465 e. The molecule has 19 heavy (non-hydrogen) atoms. The fourth-order valence-corrected chi connectivity index (χ4v) is 1.62. The van der Waals surface area contributed by atoms with E-state index in [4.69, 9.17) is 0 Å². The van der Waals surface area contributed by atoms with Gasteiger partial charge in [-0.05, 0) is 12.1 Å². The van der Waals surface area contributed by atoms with E-state index in [0.29, 0.717) is 11.3 Å². The summed E-state index contributed by atoms with van der Waals surface area (Å²) in [6.45, 7) is 0. The molecule has 1 N–H and O–H groups in total. The Morgan fingerprint density at radius 1 is 1.11 bits per heavy atom. The molecule has 1 heterocycles. The predicted octanol–water partition coefficient (Wildman–Crippen LogP) is 1.04. The third-order valence-electron chi connectivity index (χ3n) is 2.56. The quantitative estimate of drug-likeness (QED) is 0.830. The van der Waals surface area contributed by atoms with E-state index in [2.05, 4.69) is 24.9 Å². The van der Waals surface area contributed by atoms with Gasteiger partial charge in [-0.25, -0.2) is 9.59 Å². The Balaban J connectivity index is 2.53. The number of ether oxygens (including phenoxy) is 2. The molecule has 1 aromatic heterocycles. The Labute approximate surface area is 108 Å². The molecule has 98 valence electrons. The molecule has 0 atom stereocenters. The molecule has 2 rings (SSSR count). The van der Waals surface area contributed by atoms with Crippen LogP contribution in [0.4, 0.5) is 0 Å². The standard InChI is InChI=1S/C12H11N3O4/c1-18-11(16)8-4-3-7(10-6-13-15-14-10)5-9(8)12(17)19-2/h3-6H,1-2H3,(H,13,14,15). The molecule has 0 saturated heterocycles. The second-order valence-corrected chi connectivity index (χ2v) is 3.61. The third kappa shape index (κ3) is 2.44. The Kier molecular flexibility index (Phi) is 3.56. The van der Waals surface area contributed by atoms with Crippen LogP contribution in [0.1, 0.15) is 20.7 Å². The highest BCUT2D eigenvalue weighted by Gasteiger charge is 2.19. The first kappa shape index (κ1) is 12.7. The van der Waals surface area contributed by atoms with Crippen molar-refractivity contribution < 1.29 is 19.1 Å². The van der Waals surface area contributed by atoms with Crippen LogP contribution < -0.4 is 0 Å². The van der Waals surface area contributed by atoms with Crippen molar-refractivity contribution in [1.29, 1.82) is 0 Å². The summed E-state index contributed by atoms with van der Waals surface area (Å²) in [4.78, 5) is 23.3. The van der Waals surface area contributed by atoms with Gasteiger partial charge in [0.25, 0.3) is 0 Å². The van der Waals surface area contributed by atoms with Crippen molar-refractivity contribution in [1.82, 2.24) is 15.4 Å². The second kappa shape index (κ2) is 5.30. The summed E-state index contributed by atoms with van der Waals surface area (Å²) in [6.07, 6.45) is 1.51. The number of rotatable bonds is 3. The zero-order valence-electron chi connectivity index (χ0n) is 10.3. The van der Waals surface area contributed by atoms with Gasteiger partial charge in [0.15, 0.2) is 0 Å². The van der Waals surface area contributed by atoms with E-state index in [9.17, 15) is 9.59 Å². The molecular weight excluding hydrogens is 250 g/mol. The van der Waals surface area contributed by atoms with Crippen LogP contribution in [-0.4, -0.2) is 41.6 Å². The number of methoxy groups -OCH3 is 2. The highest BCUT2D eigenvalue weighted by molar-refractivity contribution is 6.04. The molecule has 0 aliphatic rings. The van der Waals surface area contributed by atoms with Gasteiger partial charge in [0.2, 0.25) is 0 Å². The molecule has 2 aromatic rings. The zero-order valence-corrected chi connectivity index (χ0v) is 10.3. The molecule has 0 aliphatic heterocycles. The number of aromatic nitrogens is 3. The fraction of sp³-hybridized carbons (Fsp3) is 0.167. The van der Waals surface area contributed by atoms with Gasteiger partial charge < -0.3 is 9.47 Å². The SMILES string of the molecule is COC(=O)c1ccc(-c2cnn[nH]2)cc1C(=O)OC.